The van der Waals surface area contributed by atoms with Crippen molar-refractivity contribution in [2.24, 2.45) is 5.92 Å². The molecule has 0 aromatic heterocycles. The van der Waals surface area contributed by atoms with E-state index in [-0.39, 0.29) is 17.8 Å². The van der Waals surface area contributed by atoms with Gasteiger partial charge < -0.3 is 9.64 Å². The predicted molar refractivity (Wildman–Crippen MR) is 120 cm³/mol. The number of hydrogen-bond donors (Lipinski definition) is 0. The van der Waals surface area contributed by atoms with Crippen LogP contribution in [0, 0.1) is 18.7 Å². The summed E-state index contributed by atoms with van der Waals surface area (Å²) in [4.78, 5) is 17.6. The number of piperidine rings is 1. The van der Waals surface area contributed by atoms with Gasteiger partial charge >= 0.3 is 0 Å². The molecular weight excluding hydrogens is 391 g/mol. The first kappa shape index (κ1) is 22.0. The lowest BCUT2D eigenvalue weighted by Gasteiger charge is -2.36. The van der Waals surface area contributed by atoms with Gasteiger partial charge in [0.15, 0.2) is 0 Å². The zero-order chi connectivity index (χ0) is 21.6. The Morgan fingerprint density at radius 1 is 1.10 bits per heavy atom. The SMILES string of the molecule is Cc1ccccc1CN1CCC(CN(CC2CCCO2)C(=O)c2cccc(F)c2)CC1. The summed E-state index contributed by atoms with van der Waals surface area (Å²) < 4.78 is 19.5. The minimum Gasteiger partial charge on any atom is -0.376 e. The maximum Gasteiger partial charge on any atom is 0.254 e. The lowest BCUT2D eigenvalue weighted by atomic mass is 9.95. The lowest BCUT2D eigenvalue weighted by molar-refractivity contribution is 0.0444. The molecule has 0 N–H and O–H groups in total. The Bertz CT molecular complexity index is 873. The number of likely N-dealkylation sites (tertiary alicyclic amines) is 1. The first-order valence-corrected chi connectivity index (χ1v) is 11.5. The topological polar surface area (TPSA) is 32.8 Å². The van der Waals surface area contributed by atoms with Crippen molar-refractivity contribution in [3.8, 4) is 0 Å². The van der Waals surface area contributed by atoms with Crippen LogP contribution in [0.3, 0.4) is 0 Å². The highest BCUT2D eigenvalue weighted by atomic mass is 19.1. The van der Waals surface area contributed by atoms with E-state index in [9.17, 15) is 9.18 Å². The molecule has 2 heterocycles. The molecular formula is C26H33FN2O2. The van der Waals surface area contributed by atoms with Crippen LogP contribution in [-0.2, 0) is 11.3 Å². The van der Waals surface area contributed by atoms with Crippen molar-refractivity contribution in [2.75, 3.05) is 32.8 Å². The van der Waals surface area contributed by atoms with Crippen molar-refractivity contribution in [1.29, 1.82) is 0 Å². The maximum atomic E-state index is 13.7. The third kappa shape index (κ3) is 5.92. The third-order valence-electron chi connectivity index (χ3n) is 6.65. The number of hydrogen-bond acceptors (Lipinski definition) is 3. The number of ether oxygens (including phenoxy) is 1. The normalized spacial score (nSPS) is 20.1. The molecule has 4 nitrogen and oxygen atoms in total. The molecule has 1 amide bonds. The molecule has 1 unspecified atom stereocenters. The minimum absolute atomic E-state index is 0.0858. The highest BCUT2D eigenvalue weighted by Gasteiger charge is 2.28. The van der Waals surface area contributed by atoms with E-state index in [1.54, 1.807) is 12.1 Å². The number of halogens is 1. The van der Waals surface area contributed by atoms with Gasteiger partial charge in [0.1, 0.15) is 5.82 Å². The van der Waals surface area contributed by atoms with E-state index in [1.807, 2.05) is 4.90 Å². The third-order valence-corrected chi connectivity index (χ3v) is 6.65. The largest absolute Gasteiger partial charge is 0.376 e. The number of amides is 1. The fraction of sp³-hybridized carbons (Fsp3) is 0.500. The average Bonchev–Trinajstić information content (AvgIpc) is 3.29. The van der Waals surface area contributed by atoms with Crippen LogP contribution in [0.1, 0.15) is 47.2 Å². The maximum absolute atomic E-state index is 13.7. The summed E-state index contributed by atoms with van der Waals surface area (Å²) in [5.41, 5.74) is 3.16. The van der Waals surface area contributed by atoms with Gasteiger partial charge in [0.05, 0.1) is 6.10 Å². The van der Waals surface area contributed by atoms with E-state index in [1.165, 1.54) is 23.3 Å². The summed E-state index contributed by atoms with van der Waals surface area (Å²) >= 11 is 0. The molecule has 2 aliphatic rings. The molecule has 0 aliphatic carbocycles. The van der Waals surface area contributed by atoms with Crippen LogP contribution >= 0.6 is 0 Å². The Labute approximate surface area is 185 Å². The van der Waals surface area contributed by atoms with Crippen molar-refractivity contribution in [2.45, 2.75) is 45.3 Å². The highest BCUT2D eigenvalue weighted by Crippen LogP contribution is 2.23. The number of nitrogens with zero attached hydrogens (tertiary/aromatic N) is 2. The van der Waals surface area contributed by atoms with E-state index < -0.39 is 0 Å². The van der Waals surface area contributed by atoms with Crippen molar-refractivity contribution >= 4 is 5.91 Å². The monoisotopic (exact) mass is 424 g/mol. The number of carbonyl (C=O) groups is 1. The van der Waals surface area contributed by atoms with Crippen molar-refractivity contribution in [3.05, 3.63) is 71.0 Å². The Morgan fingerprint density at radius 3 is 2.61 bits per heavy atom. The summed E-state index contributed by atoms with van der Waals surface area (Å²) in [6.07, 6.45) is 4.28. The van der Waals surface area contributed by atoms with Crippen LogP contribution in [0.15, 0.2) is 48.5 Å². The smallest absolute Gasteiger partial charge is 0.254 e. The van der Waals surface area contributed by atoms with Crippen LogP contribution in [0.5, 0.6) is 0 Å². The van der Waals surface area contributed by atoms with E-state index in [2.05, 4.69) is 36.1 Å². The Balaban J connectivity index is 1.36. The van der Waals surface area contributed by atoms with Crippen molar-refractivity contribution in [3.63, 3.8) is 0 Å². The molecule has 2 aliphatic heterocycles. The Kier molecular flexibility index (Phi) is 7.36. The van der Waals surface area contributed by atoms with Gasteiger partial charge in [-0.25, -0.2) is 4.39 Å². The molecule has 4 rings (SSSR count). The summed E-state index contributed by atoms with van der Waals surface area (Å²) in [5, 5.41) is 0. The zero-order valence-electron chi connectivity index (χ0n) is 18.4. The van der Waals surface area contributed by atoms with Crippen LogP contribution in [0.4, 0.5) is 4.39 Å². The molecule has 5 heteroatoms. The van der Waals surface area contributed by atoms with Crippen LogP contribution in [0.25, 0.3) is 0 Å². The fourth-order valence-corrected chi connectivity index (χ4v) is 4.75. The summed E-state index contributed by atoms with van der Waals surface area (Å²) in [5.74, 6) is 0.0109. The van der Waals surface area contributed by atoms with Gasteiger partial charge in [-0.15, -0.1) is 0 Å². The number of aryl methyl sites for hydroxylation is 1. The summed E-state index contributed by atoms with van der Waals surface area (Å²) in [6, 6.07) is 14.6. The molecule has 2 aromatic rings. The summed E-state index contributed by atoms with van der Waals surface area (Å²) in [6.45, 7) is 7.32. The Morgan fingerprint density at radius 2 is 1.90 bits per heavy atom. The van der Waals surface area contributed by atoms with Crippen LogP contribution in [0.2, 0.25) is 0 Å². The summed E-state index contributed by atoms with van der Waals surface area (Å²) in [7, 11) is 0. The molecule has 1 atom stereocenters. The molecule has 0 spiro atoms. The molecule has 2 aromatic carbocycles. The molecule has 166 valence electrons. The van der Waals surface area contributed by atoms with Crippen LogP contribution in [-0.4, -0.2) is 54.6 Å². The second-order valence-corrected chi connectivity index (χ2v) is 9.00. The average molecular weight is 425 g/mol. The first-order chi connectivity index (χ1) is 15.1. The van der Waals surface area contributed by atoms with Crippen LogP contribution < -0.4 is 0 Å². The van der Waals surface area contributed by atoms with Crippen molar-refractivity contribution in [1.82, 2.24) is 9.80 Å². The molecule has 0 radical (unpaired) electrons. The molecule has 2 fully saturated rings. The number of rotatable bonds is 7. The van der Waals surface area contributed by atoms with E-state index in [0.29, 0.717) is 24.6 Å². The quantitative estimate of drug-likeness (QED) is 0.648. The Hall–Kier alpha value is -2.24. The zero-order valence-corrected chi connectivity index (χ0v) is 18.4. The molecule has 2 saturated heterocycles. The minimum atomic E-state index is -0.368. The molecule has 0 saturated carbocycles. The van der Waals surface area contributed by atoms with E-state index >= 15 is 0 Å². The van der Waals surface area contributed by atoms with Crippen molar-refractivity contribution < 1.29 is 13.9 Å². The van der Waals surface area contributed by atoms with Gasteiger partial charge in [0.2, 0.25) is 0 Å². The van der Waals surface area contributed by atoms with Gasteiger partial charge in [-0.1, -0.05) is 30.3 Å². The lowest BCUT2D eigenvalue weighted by Crippen LogP contribution is -2.43. The van der Waals surface area contributed by atoms with Gasteiger partial charge in [0.25, 0.3) is 5.91 Å². The predicted octanol–water partition coefficient (Wildman–Crippen LogP) is 4.67. The standard InChI is InChI=1S/C26H33FN2O2/c1-20-6-2-3-7-23(20)18-28-13-11-21(12-14-28)17-29(19-25-10-5-15-31-25)26(30)22-8-4-9-24(27)16-22/h2-4,6-9,16,21,25H,5,10-15,17-19H2,1H3. The van der Waals surface area contributed by atoms with Gasteiger partial charge in [-0.2, -0.15) is 0 Å². The second kappa shape index (κ2) is 10.4. The van der Waals surface area contributed by atoms with E-state index in [4.69, 9.17) is 4.74 Å². The number of carbonyl (C=O) groups excluding carboxylic acids is 1. The second-order valence-electron chi connectivity index (χ2n) is 9.00. The molecule has 31 heavy (non-hydrogen) atoms. The van der Waals surface area contributed by atoms with Gasteiger partial charge in [-0.05, 0) is 80.9 Å². The number of benzene rings is 2. The van der Waals surface area contributed by atoms with Gasteiger partial charge in [-0.3, -0.25) is 9.69 Å². The van der Waals surface area contributed by atoms with Gasteiger partial charge in [0, 0.05) is 31.8 Å². The van der Waals surface area contributed by atoms with E-state index in [0.717, 1.165) is 51.9 Å². The highest BCUT2D eigenvalue weighted by molar-refractivity contribution is 5.94. The molecule has 0 bridgehead atoms. The first-order valence-electron chi connectivity index (χ1n) is 11.5. The fourth-order valence-electron chi connectivity index (χ4n) is 4.75.